The van der Waals surface area contributed by atoms with Crippen molar-refractivity contribution in [1.29, 1.82) is 0 Å². The van der Waals surface area contributed by atoms with Gasteiger partial charge in [-0.1, -0.05) is 12.1 Å². The molecule has 0 unspecified atom stereocenters. The number of carbonyl (C=O) groups excluding carboxylic acids is 2. The van der Waals surface area contributed by atoms with E-state index in [1.807, 2.05) is 25.1 Å². The average Bonchev–Trinajstić information content (AvgIpc) is 2.78. The Bertz CT molecular complexity index is 835. The number of likely N-dealkylation sites (N-methyl/N-ethyl adjacent to an activating group) is 1. The van der Waals surface area contributed by atoms with Gasteiger partial charge in [0.05, 0.1) is 31.6 Å². The van der Waals surface area contributed by atoms with Gasteiger partial charge in [0.1, 0.15) is 18.1 Å². The Balaban J connectivity index is 1.62. The number of benzene rings is 1. The molecule has 29 heavy (non-hydrogen) atoms. The minimum absolute atomic E-state index is 0.0569. The molecule has 0 aliphatic carbocycles. The molecule has 2 heterocycles. The van der Waals surface area contributed by atoms with Gasteiger partial charge in [-0.05, 0) is 31.2 Å². The van der Waals surface area contributed by atoms with Gasteiger partial charge in [0.25, 0.3) is 5.91 Å². The third-order valence-corrected chi connectivity index (χ3v) is 4.71. The van der Waals surface area contributed by atoms with Crippen molar-refractivity contribution in [2.75, 3.05) is 56.7 Å². The van der Waals surface area contributed by atoms with E-state index in [1.165, 1.54) is 4.90 Å². The third-order valence-electron chi connectivity index (χ3n) is 4.71. The first-order valence-electron chi connectivity index (χ1n) is 9.63. The summed E-state index contributed by atoms with van der Waals surface area (Å²) in [6.45, 7) is 5.10. The molecule has 0 atom stereocenters. The number of rotatable bonds is 7. The molecule has 1 fully saturated rings. The largest absolute Gasteiger partial charge is 0.495 e. The molecule has 1 aliphatic rings. The van der Waals surface area contributed by atoms with Crippen LogP contribution in [0.25, 0.3) is 0 Å². The van der Waals surface area contributed by atoms with Crippen LogP contribution in [0.4, 0.5) is 11.5 Å². The van der Waals surface area contributed by atoms with Gasteiger partial charge in [0, 0.05) is 25.8 Å². The Labute approximate surface area is 170 Å². The lowest BCUT2D eigenvalue weighted by Crippen LogP contribution is -2.38. The van der Waals surface area contributed by atoms with Crippen molar-refractivity contribution in [2.45, 2.75) is 6.92 Å². The van der Waals surface area contributed by atoms with Crippen LogP contribution >= 0.6 is 0 Å². The van der Waals surface area contributed by atoms with Crippen molar-refractivity contribution >= 4 is 23.3 Å². The Morgan fingerprint density at radius 3 is 2.62 bits per heavy atom. The molecule has 0 spiro atoms. The zero-order chi connectivity index (χ0) is 20.6. The standard InChI is InChI=1S/C21H26N4O4/c1-3-24(15-20(26)23-17-6-4-5-7-18(17)28-2)21(27)16-8-9-19(22-14-16)25-10-12-29-13-11-25/h4-9,14H,3,10-13,15H2,1-2H3,(H,23,26). The van der Waals surface area contributed by atoms with Gasteiger partial charge >= 0.3 is 0 Å². The lowest BCUT2D eigenvalue weighted by molar-refractivity contribution is -0.116. The van der Waals surface area contributed by atoms with E-state index in [1.54, 1.807) is 31.5 Å². The Morgan fingerprint density at radius 1 is 1.21 bits per heavy atom. The van der Waals surface area contributed by atoms with E-state index in [4.69, 9.17) is 9.47 Å². The number of anilines is 2. The number of methoxy groups -OCH3 is 1. The number of ether oxygens (including phenoxy) is 2. The molecule has 1 saturated heterocycles. The molecule has 0 bridgehead atoms. The number of morpholine rings is 1. The summed E-state index contributed by atoms with van der Waals surface area (Å²) < 4.78 is 10.6. The van der Waals surface area contributed by atoms with E-state index in [0.29, 0.717) is 36.8 Å². The SMILES string of the molecule is CCN(CC(=O)Nc1ccccc1OC)C(=O)c1ccc(N2CCOCC2)nc1. The summed E-state index contributed by atoms with van der Waals surface area (Å²) in [5.41, 5.74) is 1.02. The van der Waals surface area contributed by atoms with Crippen LogP contribution in [0, 0.1) is 0 Å². The summed E-state index contributed by atoms with van der Waals surface area (Å²) in [4.78, 5) is 33.3. The average molecular weight is 398 g/mol. The van der Waals surface area contributed by atoms with Crippen molar-refractivity contribution < 1.29 is 19.1 Å². The predicted octanol–water partition coefficient (Wildman–Crippen LogP) is 2.03. The van der Waals surface area contributed by atoms with Crippen LogP contribution in [-0.2, 0) is 9.53 Å². The lowest BCUT2D eigenvalue weighted by atomic mass is 10.2. The van der Waals surface area contributed by atoms with Crippen molar-refractivity contribution in [3.05, 3.63) is 48.2 Å². The molecular weight excluding hydrogens is 372 g/mol. The molecule has 0 radical (unpaired) electrons. The van der Waals surface area contributed by atoms with Gasteiger partial charge in [-0.3, -0.25) is 9.59 Å². The molecule has 1 aromatic carbocycles. The van der Waals surface area contributed by atoms with E-state index in [9.17, 15) is 9.59 Å². The summed E-state index contributed by atoms with van der Waals surface area (Å²) in [6, 6.07) is 10.7. The lowest BCUT2D eigenvalue weighted by Gasteiger charge is -2.28. The highest BCUT2D eigenvalue weighted by Gasteiger charge is 2.19. The first kappa shape index (κ1) is 20.6. The number of hydrogen-bond acceptors (Lipinski definition) is 6. The van der Waals surface area contributed by atoms with Gasteiger partial charge in [-0.2, -0.15) is 0 Å². The summed E-state index contributed by atoms with van der Waals surface area (Å²) in [7, 11) is 1.54. The van der Waals surface area contributed by atoms with Crippen molar-refractivity contribution in [2.24, 2.45) is 0 Å². The molecule has 1 aromatic heterocycles. The molecule has 0 saturated carbocycles. The Kier molecular flexibility index (Phi) is 7.02. The first-order valence-corrected chi connectivity index (χ1v) is 9.63. The van der Waals surface area contributed by atoms with Gasteiger partial charge in [0.15, 0.2) is 0 Å². The maximum atomic E-state index is 12.8. The number of pyridine rings is 1. The second-order valence-corrected chi connectivity index (χ2v) is 6.57. The van der Waals surface area contributed by atoms with E-state index < -0.39 is 0 Å². The maximum absolute atomic E-state index is 12.8. The number of hydrogen-bond donors (Lipinski definition) is 1. The summed E-state index contributed by atoms with van der Waals surface area (Å²) in [6.07, 6.45) is 1.56. The highest BCUT2D eigenvalue weighted by atomic mass is 16.5. The number of nitrogens with one attached hydrogen (secondary N) is 1. The monoisotopic (exact) mass is 398 g/mol. The van der Waals surface area contributed by atoms with Crippen LogP contribution < -0.4 is 15.0 Å². The number of carbonyl (C=O) groups is 2. The van der Waals surface area contributed by atoms with Crippen molar-refractivity contribution in [3.63, 3.8) is 0 Å². The highest BCUT2D eigenvalue weighted by Crippen LogP contribution is 2.23. The minimum atomic E-state index is -0.289. The van der Waals surface area contributed by atoms with E-state index in [-0.39, 0.29) is 18.4 Å². The predicted molar refractivity (Wildman–Crippen MR) is 110 cm³/mol. The van der Waals surface area contributed by atoms with Crippen LogP contribution in [-0.4, -0.2) is 68.2 Å². The minimum Gasteiger partial charge on any atom is -0.495 e. The van der Waals surface area contributed by atoms with Gasteiger partial charge in [0.2, 0.25) is 5.91 Å². The van der Waals surface area contributed by atoms with E-state index in [2.05, 4.69) is 15.2 Å². The van der Waals surface area contributed by atoms with Gasteiger partial charge in [-0.15, -0.1) is 0 Å². The molecule has 2 aromatic rings. The molecule has 154 valence electrons. The molecule has 2 amide bonds. The van der Waals surface area contributed by atoms with Crippen LogP contribution in [0.5, 0.6) is 5.75 Å². The molecule has 8 nitrogen and oxygen atoms in total. The zero-order valence-corrected chi connectivity index (χ0v) is 16.8. The second kappa shape index (κ2) is 9.88. The number of nitrogens with zero attached hydrogens (tertiary/aromatic N) is 3. The van der Waals surface area contributed by atoms with Gasteiger partial charge in [-0.25, -0.2) is 4.98 Å². The van der Waals surface area contributed by atoms with Gasteiger partial charge < -0.3 is 24.6 Å². The quantitative estimate of drug-likeness (QED) is 0.768. The summed E-state index contributed by atoms with van der Waals surface area (Å²) in [5, 5.41) is 2.79. The van der Waals surface area contributed by atoms with Crippen LogP contribution in [0.15, 0.2) is 42.6 Å². The summed E-state index contributed by atoms with van der Waals surface area (Å²) in [5.74, 6) is 0.867. The van der Waals surface area contributed by atoms with Crippen LogP contribution in [0.3, 0.4) is 0 Å². The zero-order valence-electron chi connectivity index (χ0n) is 16.8. The van der Waals surface area contributed by atoms with Crippen molar-refractivity contribution in [3.8, 4) is 5.75 Å². The third kappa shape index (κ3) is 5.23. The van der Waals surface area contributed by atoms with E-state index in [0.717, 1.165) is 18.9 Å². The number of aromatic nitrogens is 1. The normalized spacial score (nSPS) is 13.7. The molecular formula is C21H26N4O4. The number of amides is 2. The topological polar surface area (TPSA) is 84.0 Å². The first-order chi connectivity index (χ1) is 14.1. The Morgan fingerprint density at radius 2 is 1.97 bits per heavy atom. The smallest absolute Gasteiger partial charge is 0.255 e. The second-order valence-electron chi connectivity index (χ2n) is 6.57. The molecule has 1 aliphatic heterocycles. The number of para-hydroxylation sites is 2. The Hall–Kier alpha value is -3.13. The fourth-order valence-corrected chi connectivity index (χ4v) is 3.11. The van der Waals surface area contributed by atoms with Crippen molar-refractivity contribution in [1.82, 2.24) is 9.88 Å². The van der Waals surface area contributed by atoms with Crippen LogP contribution in [0.1, 0.15) is 17.3 Å². The van der Waals surface area contributed by atoms with Crippen LogP contribution in [0.2, 0.25) is 0 Å². The molecule has 3 rings (SSSR count). The fraction of sp³-hybridized carbons (Fsp3) is 0.381. The van der Waals surface area contributed by atoms with E-state index >= 15 is 0 Å². The highest BCUT2D eigenvalue weighted by molar-refractivity contribution is 5.99. The fourth-order valence-electron chi connectivity index (χ4n) is 3.11. The maximum Gasteiger partial charge on any atom is 0.255 e. The molecule has 8 heteroatoms. The molecule has 1 N–H and O–H groups in total. The summed E-state index contributed by atoms with van der Waals surface area (Å²) >= 11 is 0.